The molecule has 4 saturated carbocycles. The summed E-state index contributed by atoms with van der Waals surface area (Å²) in [6.07, 6.45) is 9.30. The summed E-state index contributed by atoms with van der Waals surface area (Å²) in [6.45, 7) is 6.63. The van der Waals surface area contributed by atoms with Gasteiger partial charge < -0.3 is 19.7 Å². The van der Waals surface area contributed by atoms with Crippen LogP contribution in [0, 0.1) is 17.3 Å². The number of benzene rings is 1. The van der Waals surface area contributed by atoms with Gasteiger partial charge in [0.2, 0.25) is 0 Å². The number of nitrogens with zero attached hydrogens (tertiary/aromatic N) is 1. The van der Waals surface area contributed by atoms with Gasteiger partial charge in [-0.05, 0) is 107 Å². The van der Waals surface area contributed by atoms with E-state index >= 15 is 0 Å². The summed E-state index contributed by atoms with van der Waals surface area (Å²) < 4.78 is 13.8. The number of likely N-dealkylation sites (tertiary alicyclic amines) is 1. The Bertz CT molecular complexity index is 1290. The molecular weight excluding hydrogens is 494 g/mol. The second-order valence-electron chi connectivity index (χ2n) is 13.8. The quantitative estimate of drug-likeness (QED) is 0.494. The van der Waals surface area contributed by atoms with E-state index in [2.05, 4.69) is 42.3 Å². The van der Waals surface area contributed by atoms with E-state index in [1.54, 1.807) is 11.3 Å². The van der Waals surface area contributed by atoms with Crippen molar-refractivity contribution in [3.63, 3.8) is 0 Å². The zero-order valence-corrected chi connectivity index (χ0v) is 23.8. The van der Waals surface area contributed by atoms with Crippen molar-refractivity contribution < 1.29 is 19.7 Å². The van der Waals surface area contributed by atoms with Crippen LogP contribution in [-0.2, 0) is 23.0 Å². The van der Waals surface area contributed by atoms with Gasteiger partial charge >= 0.3 is 0 Å². The third kappa shape index (κ3) is 2.65. The maximum absolute atomic E-state index is 12.4. The van der Waals surface area contributed by atoms with Crippen molar-refractivity contribution in [1.29, 1.82) is 0 Å². The molecule has 1 aromatic heterocycles. The van der Waals surface area contributed by atoms with Gasteiger partial charge in [-0.1, -0.05) is 12.1 Å². The van der Waals surface area contributed by atoms with Gasteiger partial charge in [0.1, 0.15) is 11.2 Å². The maximum Gasteiger partial charge on any atom is 0.166 e. The van der Waals surface area contributed by atoms with Crippen LogP contribution < -0.4 is 4.74 Å². The first kappa shape index (κ1) is 24.2. The van der Waals surface area contributed by atoms with E-state index in [4.69, 9.17) is 9.47 Å². The summed E-state index contributed by atoms with van der Waals surface area (Å²) in [6, 6.07) is 8.73. The summed E-state index contributed by atoms with van der Waals surface area (Å²) in [5.74, 6) is 1.76. The second kappa shape index (κ2) is 7.57. The van der Waals surface area contributed by atoms with E-state index in [0.717, 1.165) is 51.0 Å². The molecule has 7 aliphatic rings. The highest BCUT2D eigenvalue weighted by atomic mass is 32.1. The lowest BCUT2D eigenvalue weighted by atomic mass is 9.30. The molecule has 0 amide bonds. The molecule has 204 valence electrons. The van der Waals surface area contributed by atoms with Crippen LogP contribution in [0.1, 0.15) is 74.8 Å². The number of rotatable bonds is 7. The topological polar surface area (TPSA) is 62.2 Å². The van der Waals surface area contributed by atoms with E-state index in [9.17, 15) is 10.2 Å². The number of fused-ring (bicyclic) bond motifs is 2. The van der Waals surface area contributed by atoms with E-state index in [1.165, 1.54) is 35.4 Å². The van der Waals surface area contributed by atoms with Crippen LogP contribution in [0.5, 0.6) is 11.5 Å². The third-order valence-corrected chi connectivity index (χ3v) is 13.5. The average molecular weight is 536 g/mol. The van der Waals surface area contributed by atoms with Gasteiger partial charge in [-0.3, -0.25) is 4.90 Å². The molecule has 1 saturated heterocycles. The molecular formula is C32H41NO4S. The smallest absolute Gasteiger partial charge is 0.166 e. The Labute approximate surface area is 230 Å². The van der Waals surface area contributed by atoms with Gasteiger partial charge in [0, 0.05) is 41.5 Å². The first-order valence-corrected chi connectivity index (χ1v) is 15.7. The summed E-state index contributed by atoms with van der Waals surface area (Å²) in [4.78, 5) is 4.16. The summed E-state index contributed by atoms with van der Waals surface area (Å²) in [5, 5.41) is 25.6. The van der Waals surface area contributed by atoms with Crippen LogP contribution in [-0.4, -0.2) is 58.2 Å². The third-order valence-electron chi connectivity index (χ3n) is 12.5. The van der Waals surface area contributed by atoms with Gasteiger partial charge in [0.15, 0.2) is 11.5 Å². The van der Waals surface area contributed by atoms with Crippen LogP contribution in [0.25, 0.3) is 0 Å². The van der Waals surface area contributed by atoms with Crippen LogP contribution in [0.15, 0.2) is 29.6 Å². The molecule has 5 fully saturated rings. The molecule has 5 aliphatic carbocycles. The lowest BCUT2D eigenvalue weighted by molar-refractivity contribution is -0.337. The molecule has 38 heavy (non-hydrogen) atoms. The number of piperidine rings is 1. The van der Waals surface area contributed by atoms with Crippen LogP contribution in [0.2, 0.25) is 0 Å². The normalized spacial score (nSPS) is 42.0. The Kier molecular flexibility index (Phi) is 4.82. The second-order valence-corrected chi connectivity index (χ2v) is 14.9. The van der Waals surface area contributed by atoms with Crippen LogP contribution in [0.3, 0.4) is 0 Å². The average Bonchev–Trinajstić information content (AvgIpc) is 3.45. The Morgan fingerprint density at radius 3 is 2.79 bits per heavy atom. The lowest BCUT2D eigenvalue weighted by Gasteiger charge is -2.78. The van der Waals surface area contributed by atoms with E-state index < -0.39 is 16.8 Å². The van der Waals surface area contributed by atoms with Gasteiger partial charge in [-0.25, -0.2) is 0 Å². The zero-order valence-electron chi connectivity index (χ0n) is 23.0. The van der Waals surface area contributed by atoms with E-state index in [0.29, 0.717) is 18.2 Å². The molecule has 2 aliphatic heterocycles. The predicted molar refractivity (Wildman–Crippen MR) is 148 cm³/mol. The van der Waals surface area contributed by atoms with Crippen molar-refractivity contribution in [3.05, 3.63) is 45.6 Å². The molecule has 2 aromatic rings. The fourth-order valence-electron chi connectivity index (χ4n) is 10.8. The maximum atomic E-state index is 12.4. The molecule has 1 aromatic carbocycles. The number of hydrogen-bond acceptors (Lipinski definition) is 6. The molecule has 6 heteroatoms. The number of thiophene rings is 1. The highest BCUT2D eigenvalue weighted by Crippen LogP contribution is 2.81. The number of methoxy groups -OCH3 is 1. The summed E-state index contributed by atoms with van der Waals surface area (Å²) in [7, 11) is 1.85. The largest absolute Gasteiger partial charge is 0.504 e. The molecule has 5 nitrogen and oxygen atoms in total. The van der Waals surface area contributed by atoms with Gasteiger partial charge in [0.25, 0.3) is 0 Å². The molecule has 3 heterocycles. The van der Waals surface area contributed by atoms with Crippen molar-refractivity contribution in [2.75, 3.05) is 20.2 Å². The van der Waals surface area contributed by atoms with Crippen LogP contribution in [0.4, 0.5) is 0 Å². The van der Waals surface area contributed by atoms with Crippen molar-refractivity contribution in [2.45, 2.75) is 99.9 Å². The van der Waals surface area contributed by atoms with E-state index in [1.807, 2.05) is 13.2 Å². The van der Waals surface area contributed by atoms with Crippen LogP contribution >= 0.6 is 11.3 Å². The molecule has 1 unspecified atom stereocenters. The lowest BCUT2D eigenvalue weighted by Crippen LogP contribution is -2.87. The monoisotopic (exact) mass is 535 g/mol. The summed E-state index contributed by atoms with van der Waals surface area (Å²) >= 11 is 1.77. The minimum atomic E-state index is -0.895. The number of aromatic hydroxyl groups is 1. The van der Waals surface area contributed by atoms with Crippen molar-refractivity contribution in [1.82, 2.24) is 4.90 Å². The molecule has 9 rings (SSSR count). The Morgan fingerprint density at radius 2 is 2.05 bits per heavy atom. The van der Waals surface area contributed by atoms with Gasteiger partial charge in [0.05, 0.1) is 11.0 Å². The molecule has 2 spiro atoms. The number of aliphatic hydroxyl groups is 1. The first-order valence-electron chi connectivity index (χ1n) is 14.8. The zero-order chi connectivity index (χ0) is 26.1. The van der Waals surface area contributed by atoms with Gasteiger partial charge in [-0.2, -0.15) is 0 Å². The standard InChI is InChI=1S/C32H41NO4S/c1-28(35,11-10-22-5-4-16-38-22)24-18-30-12-13-32(24,36-3)29(2)31(30)14-15-33(19-20-6-7-20)25(30)17-21-8-9-23(34)27(37-29)26(21)31/h4-5,8-9,16,20,24-25,34-35H,6-7,10-15,17-19H2,1-3H3/t24?,25-,28-,29+,30-,31+,32-/m1/s1. The highest BCUT2D eigenvalue weighted by molar-refractivity contribution is 7.09. The number of aryl methyl sites for hydroxylation is 1. The van der Waals surface area contributed by atoms with E-state index in [-0.39, 0.29) is 22.5 Å². The minimum absolute atomic E-state index is 0.00119. The van der Waals surface area contributed by atoms with Crippen molar-refractivity contribution in [3.8, 4) is 11.5 Å². The van der Waals surface area contributed by atoms with Gasteiger partial charge in [-0.15, -0.1) is 11.3 Å². The number of hydrogen-bond donors (Lipinski definition) is 2. The molecule has 2 N–H and O–H groups in total. The Morgan fingerprint density at radius 1 is 1.21 bits per heavy atom. The Hall–Kier alpha value is -1.60. The Balaban J connectivity index is 1.31. The van der Waals surface area contributed by atoms with Crippen molar-refractivity contribution >= 4 is 11.3 Å². The first-order chi connectivity index (χ1) is 18.2. The fraction of sp³-hybridized carbons (Fsp3) is 0.688. The molecule has 4 bridgehead atoms. The fourth-order valence-corrected chi connectivity index (χ4v) is 11.5. The predicted octanol–water partition coefficient (Wildman–Crippen LogP) is 5.45. The molecule has 7 atom stereocenters. The number of phenols is 1. The SMILES string of the molecule is CO[C@]12CC[C@@]3(CC1[C@](C)(O)CCc1cccs1)[C@H]1Cc4ccc(O)c5c4[C@@]3(CCN1CC1CC1)[C@]2(C)O5. The highest BCUT2D eigenvalue weighted by Gasteiger charge is 2.86. The number of ether oxygens (including phenoxy) is 2. The van der Waals surface area contributed by atoms with Crippen molar-refractivity contribution in [2.24, 2.45) is 17.3 Å². The summed E-state index contributed by atoms with van der Waals surface area (Å²) in [5.41, 5.74) is 0.256. The number of phenolic OH excluding ortho intramolecular Hbond substituents is 1. The minimum Gasteiger partial charge on any atom is -0.504 e. The molecule has 0 radical (unpaired) electrons.